The third-order valence-electron chi connectivity index (χ3n) is 6.05. The van der Waals surface area contributed by atoms with Gasteiger partial charge in [-0.3, -0.25) is 0 Å². The van der Waals surface area contributed by atoms with Gasteiger partial charge in [-0.2, -0.15) is 0 Å². The standard InChI is InChI=1S/C25H24O2S2/c1-14-24(20-8-6-16(12-26)10-22(20)28-14)18-4-3-5-19(18)25-15(2)29-23-11-17(13-27)7-9-21(23)25/h6-11,26-27H,3-5,12-13H2,1-2H3. The van der Waals surface area contributed by atoms with E-state index in [1.807, 2.05) is 22.7 Å². The molecule has 0 amide bonds. The van der Waals surface area contributed by atoms with Crippen LogP contribution in [0.4, 0.5) is 0 Å². The number of thiophene rings is 2. The average molecular weight is 421 g/mol. The van der Waals surface area contributed by atoms with Crippen LogP contribution in [0, 0.1) is 13.8 Å². The summed E-state index contributed by atoms with van der Waals surface area (Å²) in [6.45, 7) is 4.64. The molecular weight excluding hydrogens is 396 g/mol. The molecule has 0 radical (unpaired) electrons. The van der Waals surface area contributed by atoms with E-state index in [2.05, 4.69) is 50.2 Å². The fourth-order valence-corrected chi connectivity index (χ4v) is 7.08. The van der Waals surface area contributed by atoms with E-state index in [0.717, 1.165) is 24.0 Å². The van der Waals surface area contributed by atoms with Gasteiger partial charge in [0.15, 0.2) is 0 Å². The van der Waals surface area contributed by atoms with Gasteiger partial charge in [0.2, 0.25) is 0 Å². The van der Waals surface area contributed by atoms with Gasteiger partial charge in [-0.15, -0.1) is 22.7 Å². The molecule has 2 N–H and O–H groups in total. The molecule has 29 heavy (non-hydrogen) atoms. The summed E-state index contributed by atoms with van der Waals surface area (Å²) < 4.78 is 2.53. The molecule has 0 spiro atoms. The van der Waals surface area contributed by atoms with Crippen LogP contribution in [0.15, 0.2) is 36.4 Å². The third-order valence-corrected chi connectivity index (χ3v) is 8.18. The Morgan fingerprint density at radius 2 is 1.17 bits per heavy atom. The Balaban J connectivity index is 1.74. The van der Waals surface area contributed by atoms with Gasteiger partial charge in [0.25, 0.3) is 0 Å². The second-order valence-corrected chi connectivity index (χ2v) is 10.4. The molecule has 0 fully saturated rings. The molecular formula is C25H24O2S2. The van der Waals surface area contributed by atoms with Crippen molar-refractivity contribution in [2.24, 2.45) is 0 Å². The van der Waals surface area contributed by atoms with E-state index >= 15 is 0 Å². The Morgan fingerprint density at radius 1 is 0.724 bits per heavy atom. The molecule has 0 atom stereocenters. The number of aliphatic hydroxyl groups is 2. The summed E-state index contributed by atoms with van der Waals surface area (Å²) in [6, 6.07) is 12.7. The van der Waals surface area contributed by atoms with Gasteiger partial charge in [0, 0.05) is 29.9 Å². The largest absolute Gasteiger partial charge is 0.392 e. The average Bonchev–Trinajstić information content (AvgIpc) is 3.39. The van der Waals surface area contributed by atoms with Crippen LogP contribution in [-0.4, -0.2) is 10.2 Å². The van der Waals surface area contributed by atoms with Gasteiger partial charge in [0.05, 0.1) is 13.2 Å². The zero-order valence-electron chi connectivity index (χ0n) is 16.7. The first kappa shape index (κ1) is 19.0. The van der Waals surface area contributed by atoms with E-state index in [1.54, 1.807) is 0 Å². The van der Waals surface area contributed by atoms with E-state index in [0.29, 0.717) is 0 Å². The number of rotatable bonds is 4. The number of aryl methyl sites for hydroxylation is 2. The predicted octanol–water partition coefficient (Wildman–Crippen LogP) is 6.81. The summed E-state index contributed by atoms with van der Waals surface area (Å²) in [6.07, 6.45) is 3.44. The molecule has 2 nitrogen and oxygen atoms in total. The Hall–Kier alpha value is -1.98. The summed E-state index contributed by atoms with van der Waals surface area (Å²) in [7, 11) is 0. The Bertz CT molecular complexity index is 1180. The lowest BCUT2D eigenvalue weighted by molar-refractivity contribution is 0.282. The SMILES string of the molecule is Cc1sc2cc(CO)ccc2c1C1=C(c2c(C)sc3cc(CO)ccc23)CCC1. The highest BCUT2D eigenvalue weighted by Crippen LogP contribution is 2.49. The topological polar surface area (TPSA) is 40.5 Å². The highest BCUT2D eigenvalue weighted by Gasteiger charge is 2.25. The lowest BCUT2D eigenvalue weighted by Gasteiger charge is -2.10. The predicted molar refractivity (Wildman–Crippen MR) is 126 cm³/mol. The maximum atomic E-state index is 9.50. The van der Waals surface area contributed by atoms with Crippen molar-refractivity contribution in [2.75, 3.05) is 0 Å². The van der Waals surface area contributed by atoms with Crippen molar-refractivity contribution in [3.8, 4) is 0 Å². The molecule has 1 aliphatic carbocycles. The zero-order valence-corrected chi connectivity index (χ0v) is 18.3. The molecule has 2 heterocycles. The molecule has 4 aromatic rings. The van der Waals surface area contributed by atoms with Crippen LogP contribution in [0.1, 0.15) is 51.3 Å². The zero-order chi connectivity index (χ0) is 20.1. The molecule has 4 heteroatoms. The fourth-order valence-electron chi connectivity index (χ4n) is 4.77. The highest BCUT2D eigenvalue weighted by atomic mass is 32.1. The summed E-state index contributed by atoms with van der Waals surface area (Å²) in [5.41, 5.74) is 7.77. The van der Waals surface area contributed by atoms with Crippen molar-refractivity contribution in [1.82, 2.24) is 0 Å². The minimum atomic E-state index is 0.0894. The lowest BCUT2D eigenvalue weighted by Crippen LogP contribution is -1.89. The first-order chi connectivity index (χ1) is 14.1. The summed E-state index contributed by atoms with van der Waals surface area (Å²) >= 11 is 3.67. The van der Waals surface area contributed by atoms with Gasteiger partial charge < -0.3 is 10.2 Å². The molecule has 2 aromatic carbocycles. The van der Waals surface area contributed by atoms with Crippen molar-refractivity contribution >= 4 is 54.0 Å². The van der Waals surface area contributed by atoms with Crippen LogP contribution in [0.25, 0.3) is 31.3 Å². The third kappa shape index (κ3) is 3.06. The number of fused-ring (bicyclic) bond motifs is 2. The molecule has 1 aliphatic rings. The van der Waals surface area contributed by atoms with Crippen molar-refractivity contribution in [3.05, 3.63) is 68.4 Å². The number of hydrogen-bond acceptors (Lipinski definition) is 4. The van der Waals surface area contributed by atoms with Crippen LogP contribution in [-0.2, 0) is 13.2 Å². The Morgan fingerprint density at radius 3 is 1.59 bits per heavy atom. The van der Waals surface area contributed by atoms with E-state index in [4.69, 9.17) is 0 Å². The van der Waals surface area contributed by atoms with Gasteiger partial charge in [0.1, 0.15) is 0 Å². The maximum absolute atomic E-state index is 9.50. The molecule has 148 valence electrons. The normalized spacial score (nSPS) is 14.6. The number of benzene rings is 2. The molecule has 0 aliphatic heterocycles. The van der Waals surface area contributed by atoms with Crippen LogP contribution >= 0.6 is 22.7 Å². The highest BCUT2D eigenvalue weighted by molar-refractivity contribution is 7.19. The smallest absolute Gasteiger partial charge is 0.0682 e. The second-order valence-electron chi connectivity index (χ2n) is 7.85. The van der Waals surface area contributed by atoms with Gasteiger partial charge >= 0.3 is 0 Å². The fraction of sp³-hybridized carbons (Fsp3) is 0.280. The quantitative estimate of drug-likeness (QED) is 0.381. The van der Waals surface area contributed by atoms with Crippen LogP contribution in [0.3, 0.4) is 0 Å². The van der Waals surface area contributed by atoms with Crippen molar-refractivity contribution in [3.63, 3.8) is 0 Å². The van der Waals surface area contributed by atoms with E-state index in [1.165, 1.54) is 58.6 Å². The molecule has 0 saturated heterocycles. The number of aliphatic hydroxyl groups excluding tert-OH is 2. The first-order valence-electron chi connectivity index (χ1n) is 10.1. The van der Waals surface area contributed by atoms with Gasteiger partial charge in [-0.05, 0) is 78.6 Å². The Labute approximate surface area is 178 Å². The van der Waals surface area contributed by atoms with E-state index in [9.17, 15) is 10.2 Å². The summed E-state index contributed by atoms with van der Waals surface area (Å²) in [5.74, 6) is 0. The number of hydrogen-bond donors (Lipinski definition) is 2. The van der Waals surface area contributed by atoms with E-state index in [-0.39, 0.29) is 13.2 Å². The lowest BCUT2D eigenvalue weighted by atomic mass is 9.93. The van der Waals surface area contributed by atoms with Crippen molar-refractivity contribution in [2.45, 2.75) is 46.3 Å². The summed E-state index contributed by atoms with van der Waals surface area (Å²) in [4.78, 5) is 2.73. The molecule has 0 unspecified atom stereocenters. The Kier molecular flexibility index (Phi) is 4.83. The van der Waals surface area contributed by atoms with Crippen molar-refractivity contribution < 1.29 is 10.2 Å². The minimum absolute atomic E-state index is 0.0894. The van der Waals surface area contributed by atoms with Gasteiger partial charge in [-0.25, -0.2) is 0 Å². The minimum Gasteiger partial charge on any atom is -0.392 e. The molecule has 0 bridgehead atoms. The monoisotopic (exact) mass is 420 g/mol. The number of allylic oxidation sites excluding steroid dienone is 2. The molecule has 5 rings (SSSR count). The van der Waals surface area contributed by atoms with Crippen LogP contribution in [0.5, 0.6) is 0 Å². The maximum Gasteiger partial charge on any atom is 0.0682 e. The van der Waals surface area contributed by atoms with Crippen molar-refractivity contribution in [1.29, 1.82) is 0 Å². The second kappa shape index (κ2) is 7.37. The molecule has 0 saturated carbocycles. The summed E-state index contributed by atoms with van der Waals surface area (Å²) in [5, 5.41) is 21.6. The first-order valence-corrected chi connectivity index (χ1v) is 11.7. The molecule has 2 aromatic heterocycles. The van der Waals surface area contributed by atoms with E-state index < -0.39 is 0 Å². The van der Waals surface area contributed by atoms with Gasteiger partial charge in [-0.1, -0.05) is 24.3 Å². The van der Waals surface area contributed by atoms with Crippen LogP contribution < -0.4 is 0 Å². The van der Waals surface area contributed by atoms with Crippen LogP contribution in [0.2, 0.25) is 0 Å².